The zero-order valence-electron chi connectivity index (χ0n) is 19.4. The summed E-state index contributed by atoms with van der Waals surface area (Å²) >= 11 is 9.09. The average Bonchev–Trinajstić information content (AvgIpc) is 3.19. The minimum absolute atomic E-state index is 0.00905. The highest BCUT2D eigenvalue weighted by Gasteiger charge is 2.33. The maximum absolute atomic E-state index is 13.4. The Kier molecular flexibility index (Phi) is 7.91. The van der Waals surface area contributed by atoms with Crippen LogP contribution in [-0.2, 0) is 11.2 Å². The third-order valence-electron chi connectivity index (χ3n) is 5.56. The quantitative estimate of drug-likeness (QED) is 0.227. The van der Waals surface area contributed by atoms with E-state index < -0.39 is 0 Å². The number of benzene rings is 4. The van der Waals surface area contributed by atoms with Gasteiger partial charge in [0.2, 0.25) is 0 Å². The molecule has 0 unspecified atom stereocenters. The monoisotopic (exact) mass is 526 g/mol. The van der Waals surface area contributed by atoms with Crippen molar-refractivity contribution < 1.29 is 4.79 Å². The Balaban J connectivity index is 1.35. The van der Waals surface area contributed by atoms with Crippen LogP contribution < -0.4 is 0 Å². The summed E-state index contributed by atoms with van der Waals surface area (Å²) in [5.74, 6) is -0.00905. The van der Waals surface area contributed by atoms with E-state index in [2.05, 4.69) is 24.3 Å². The first kappa shape index (κ1) is 24.4. The van der Waals surface area contributed by atoms with Crippen LogP contribution in [0, 0.1) is 0 Å². The Morgan fingerprint density at radius 2 is 1.42 bits per heavy atom. The molecule has 1 amide bonds. The van der Waals surface area contributed by atoms with Crippen molar-refractivity contribution in [3.63, 3.8) is 0 Å². The summed E-state index contributed by atoms with van der Waals surface area (Å²) in [6.45, 7) is 0.579. The highest BCUT2D eigenvalue weighted by atomic mass is 35.5. The largest absolute Gasteiger partial charge is 0.286 e. The number of halogens is 1. The van der Waals surface area contributed by atoms with Gasteiger partial charge in [0.15, 0.2) is 5.17 Å². The van der Waals surface area contributed by atoms with Crippen molar-refractivity contribution in [1.29, 1.82) is 0 Å². The van der Waals surface area contributed by atoms with Crippen molar-refractivity contribution in [2.75, 3.05) is 6.54 Å². The molecule has 4 aromatic rings. The molecule has 0 radical (unpaired) electrons. The van der Waals surface area contributed by atoms with Gasteiger partial charge >= 0.3 is 0 Å². The molecule has 5 rings (SSSR count). The number of amidine groups is 1. The van der Waals surface area contributed by atoms with Gasteiger partial charge in [-0.15, -0.1) is 0 Å². The number of hydrogen-bond donors (Lipinski definition) is 0. The smallest absolute Gasteiger partial charge is 0.266 e. The van der Waals surface area contributed by atoms with E-state index in [1.54, 1.807) is 16.7 Å². The van der Waals surface area contributed by atoms with E-state index in [1.165, 1.54) is 17.3 Å². The van der Waals surface area contributed by atoms with Crippen LogP contribution in [0.25, 0.3) is 6.08 Å². The summed E-state index contributed by atoms with van der Waals surface area (Å²) < 4.78 is 0. The molecule has 0 bridgehead atoms. The minimum atomic E-state index is -0.00905. The summed E-state index contributed by atoms with van der Waals surface area (Å²) in [6, 6.07) is 36.0. The molecule has 4 aromatic carbocycles. The predicted octanol–water partition coefficient (Wildman–Crippen LogP) is 8.34. The van der Waals surface area contributed by atoms with Crippen molar-refractivity contribution >= 4 is 58.0 Å². The Bertz CT molecular complexity index is 1390. The lowest BCUT2D eigenvalue weighted by Gasteiger charge is -2.15. The SMILES string of the molecule is O=C1/C(=C/c2ccc(Sc3ccc(Cl)cc3)cc2)SC(=Nc2ccccc2)N1CCc1ccccc1. The zero-order chi connectivity index (χ0) is 24.7. The first-order valence-corrected chi connectivity index (χ1v) is 13.6. The molecule has 0 aromatic heterocycles. The molecule has 0 N–H and O–H groups in total. The number of nitrogens with zero attached hydrogens (tertiary/aromatic N) is 2. The predicted molar refractivity (Wildman–Crippen MR) is 153 cm³/mol. The third-order valence-corrected chi connectivity index (χ3v) is 7.84. The first-order valence-electron chi connectivity index (χ1n) is 11.6. The molecule has 0 atom stereocenters. The summed E-state index contributed by atoms with van der Waals surface area (Å²) in [6.07, 6.45) is 2.72. The van der Waals surface area contributed by atoms with E-state index in [4.69, 9.17) is 16.6 Å². The van der Waals surface area contributed by atoms with Gasteiger partial charge in [0.05, 0.1) is 10.6 Å². The van der Waals surface area contributed by atoms with Gasteiger partial charge in [-0.3, -0.25) is 9.69 Å². The van der Waals surface area contributed by atoms with E-state index in [9.17, 15) is 4.79 Å². The number of amides is 1. The molecule has 178 valence electrons. The molecule has 6 heteroatoms. The van der Waals surface area contributed by atoms with Crippen molar-refractivity contribution in [3.8, 4) is 0 Å². The van der Waals surface area contributed by atoms with Crippen LogP contribution in [0.3, 0.4) is 0 Å². The topological polar surface area (TPSA) is 32.7 Å². The molecular formula is C30H23ClN2OS2. The lowest BCUT2D eigenvalue weighted by molar-refractivity contribution is -0.122. The first-order chi connectivity index (χ1) is 17.6. The second kappa shape index (κ2) is 11.7. The van der Waals surface area contributed by atoms with Crippen LogP contribution in [0.15, 0.2) is 129 Å². The molecule has 1 fully saturated rings. The molecule has 1 heterocycles. The second-order valence-electron chi connectivity index (χ2n) is 8.16. The molecule has 36 heavy (non-hydrogen) atoms. The van der Waals surface area contributed by atoms with Crippen LogP contribution >= 0.6 is 35.1 Å². The maximum Gasteiger partial charge on any atom is 0.266 e. The van der Waals surface area contributed by atoms with Gasteiger partial charge in [0.1, 0.15) is 0 Å². The van der Waals surface area contributed by atoms with E-state index in [0.29, 0.717) is 16.6 Å². The van der Waals surface area contributed by atoms with Gasteiger partial charge < -0.3 is 0 Å². The number of carbonyl (C=O) groups excluding carboxylic acids is 1. The van der Waals surface area contributed by atoms with E-state index in [0.717, 1.165) is 32.5 Å². The fourth-order valence-corrected chi connectivity index (χ4v) is 5.68. The fourth-order valence-electron chi connectivity index (χ4n) is 3.71. The van der Waals surface area contributed by atoms with Crippen LogP contribution in [-0.4, -0.2) is 22.5 Å². The third kappa shape index (κ3) is 6.30. The number of rotatable bonds is 7. The molecule has 0 aliphatic carbocycles. The second-order valence-corrected chi connectivity index (χ2v) is 10.8. The number of aliphatic imine (C=N–C) groups is 1. The Morgan fingerprint density at radius 3 is 2.08 bits per heavy atom. The van der Waals surface area contributed by atoms with Crippen LogP contribution in [0.4, 0.5) is 5.69 Å². The van der Waals surface area contributed by atoms with Crippen LogP contribution in [0.1, 0.15) is 11.1 Å². The van der Waals surface area contributed by atoms with Crippen LogP contribution in [0.2, 0.25) is 5.02 Å². The summed E-state index contributed by atoms with van der Waals surface area (Å²) in [5.41, 5.74) is 3.01. The average molecular weight is 527 g/mol. The van der Waals surface area contributed by atoms with Gasteiger partial charge in [-0.2, -0.15) is 0 Å². The molecule has 3 nitrogen and oxygen atoms in total. The van der Waals surface area contributed by atoms with Gasteiger partial charge in [-0.25, -0.2) is 4.99 Å². The number of thioether (sulfide) groups is 1. The summed E-state index contributed by atoms with van der Waals surface area (Å²) in [4.78, 5) is 22.9. The summed E-state index contributed by atoms with van der Waals surface area (Å²) in [7, 11) is 0. The Labute approximate surface area is 224 Å². The van der Waals surface area contributed by atoms with Crippen LogP contribution in [0.5, 0.6) is 0 Å². The van der Waals surface area contributed by atoms with E-state index in [-0.39, 0.29) is 5.91 Å². The molecule has 0 saturated carbocycles. The van der Waals surface area contributed by atoms with E-state index in [1.807, 2.05) is 91.0 Å². The van der Waals surface area contributed by atoms with Crippen molar-refractivity contribution in [3.05, 3.63) is 130 Å². The lowest BCUT2D eigenvalue weighted by atomic mass is 10.1. The van der Waals surface area contributed by atoms with Crippen molar-refractivity contribution in [2.24, 2.45) is 4.99 Å². The standard InChI is InChI=1S/C30H23ClN2OS2/c31-24-13-17-27(18-14-24)35-26-15-11-23(12-16-26)21-28-29(34)33(20-19-22-7-3-1-4-8-22)30(36-28)32-25-9-5-2-6-10-25/h1-18,21H,19-20H2/b28-21-,32-30?. The fraction of sp³-hybridized carbons (Fsp3) is 0.0667. The molecule has 1 aliphatic heterocycles. The maximum atomic E-state index is 13.4. The molecular weight excluding hydrogens is 504 g/mol. The Hall–Kier alpha value is -3.25. The number of carbonyl (C=O) groups is 1. The highest BCUT2D eigenvalue weighted by Crippen LogP contribution is 2.35. The number of para-hydroxylation sites is 1. The van der Waals surface area contributed by atoms with Gasteiger partial charge in [-0.1, -0.05) is 84.0 Å². The number of hydrogen-bond acceptors (Lipinski definition) is 4. The van der Waals surface area contributed by atoms with Gasteiger partial charge in [0, 0.05) is 21.4 Å². The summed E-state index contributed by atoms with van der Waals surface area (Å²) in [5, 5.41) is 1.44. The van der Waals surface area contributed by atoms with Crippen molar-refractivity contribution in [2.45, 2.75) is 16.2 Å². The lowest BCUT2D eigenvalue weighted by Crippen LogP contribution is -2.31. The van der Waals surface area contributed by atoms with Gasteiger partial charge in [-0.05, 0) is 83.9 Å². The van der Waals surface area contributed by atoms with E-state index >= 15 is 0 Å². The molecule has 1 aliphatic rings. The van der Waals surface area contributed by atoms with Gasteiger partial charge in [0.25, 0.3) is 5.91 Å². The highest BCUT2D eigenvalue weighted by molar-refractivity contribution is 8.18. The normalized spacial score (nSPS) is 15.7. The molecule has 1 saturated heterocycles. The minimum Gasteiger partial charge on any atom is -0.286 e. The Morgan fingerprint density at radius 1 is 0.806 bits per heavy atom. The zero-order valence-corrected chi connectivity index (χ0v) is 21.8. The molecule has 0 spiro atoms. The van der Waals surface area contributed by atoms with Crippen molar-refractivity contribution in [1.82, 2.24) is 4.90 Å².